The number of benzene rings is 1. The van der Waals surface area contributed by atoms with E-state index in [1.807, 2.05) is 0 Å². The molecule has 0 radical (unpaired) electrons. The van der Waals surface area contributed by atoms with Crippen molar-refractivity contribution in [3.05, 3.63) is 35.1 Å². The van der Waals surface area contributed by atoms with Crippen molar-refractivity contribution in [1.82, 2.24) is 14.8 Å². The van der Waals surface area contributed by atoms with Crippen molar-refractivity contribution < 1.29 is 22.7 Å². The number of ether oxygens (including phenoxy) is 1. The van der Waals surface area contributed by atoms with Crippen molar-refractivity contribution in [2.75, 3.05) is 19.0 Å². The first kappa shape index (κ1) is 20.5. The smallest absolute Gasteiger partial charge is 0.383 e. The molecule has 2 aromatic rings. The van der Waals surface area contributed by atoms with Gasteiger partial charge in [-0.1, -0.05) is 23.4 Å². The molecule has 0 fully saturated rings. The third-order valence-electron chi connectivity index (χ3n) is 3.31. The molecular weight excluding hydrogens is 393 g/mol. The Morgan fingerprint density at radius 2 is 2.19 bits per heavy atom. The summed E-state index contributed by atoms with van der Waals surface area (Å²) >= 11 is 6.72. The van der Waals surface area contributed by atoms with Gasteiger partial charge in [-0.15, -0.1) is 10.2 Å². The molecule has 142 valence electrons. The summed E-state index contributed by atoms with van der Waals surface area (Å²) in [5, 5.41) is 9.68. The molecule has 1 heterocycles. The van der Waals surface area contributed by atoms with E-state index in [0.29, 0.717) is 18.3 Å². The maximum absolute atomic E-state index is 13.1. The number of halogens is 4. The summed E-state index contributed by atoms with van der Waals surface area (Å²) in [5.74, 6) is -0.593. The van der Waals surface area contributed by atoms with Gasteiger partial charge >= 0.3 is 6.18 Å². The van der Waals surface area contributed by atoms with E-state index in [2.05, 4.69) is 15.5 Å². The molecule has 1 aromatic heterocycles. The number of amides is 1. The summed E-state index contributed by atoms with van der Waals surface area (Å²) in [7, 11) is 1.55. The van der Waals surface area contributed by atoms with Crippen molar-refractivity contribution in [1.29, 1.82) is 0 Å². The number of nitrogens with zero attached hydrogens (tertiary/aromatic N) is 3. The average Bonchev–Trinajstić information content (AvgIpc) is 3.00. The van der Waals surface area contributed by atoms with Gasteiger partial charge < -0.3 is 14.6 Å². The Labute approximate surface area is 157 Å². The first-order valence-electron chi connectivity index (χ1n) is 7.43. The number of anilines is 1. The van der Waals surface area contributed by atoms with Gasteiger partial charge in [0.2, 0.25) is 5.91 Å². The van der Waals surface area contributed by atoms with Gasteiger partial charge in [-0.25, -0.2) is 0 Å². The van der Waals surface area contributed by atoms with Crippen molar-refractivity contribution in [3.8, 4) is 0 Å². The lowest BCUT2D eigenvalue weighted by Gasteiger charge is -2.16. The molecule has 1 aromatic carbocycles. The minimum Gasteiger partial charge on any atom is -0.383 e. The number of alkyl halides is 3. The van der Waals surface area contributed by atoms with Crippen LogP contribution in [0.15, 0.2) is 29.7 Å². The van der Waals surface area contributed by atoms with Crippen LogP contribution in [0.25, 0.3) is 0 Å². The van der Waals surface area contributed by atoms with Gasteiger partial charge in [-0.05, 0) is 25.1 Å². The van der Waals surface area contributed by atoms with Crippen LogP contribution >= 0.6 is 23.4 Å². The molecule has 0 bridgehead atoms. The van der Waals surface area contributed by atoms with E-state index in [1.165, 1.54) is 12.4 Å². The van der Waals surface area contributed by atoms with Gasteiger partial charge in [0.1, 0.15) is 6.33 Å². The van der Waals surface area contributed by atoms with Crippen molar-refractivity contribution >= 4 is 35.0 Å². The maximum atomic E-state index is 13.1. The van der Waals surface area contributed by atoms with Crippen LogP contribution in [0.4, 0.5) is 18.9 Å². The number of methoxy groups -OCH3 is 1. The van der Waals surface area contributed by atoms with Gasteiger partial charge in [-0.3, -0.25) is 4.79 Å². The number of hydrogen-bond acceptors (Lipinski definition) is 5. The van der Waals surface area contributed by atoms with E-state index in [4.69, 9.17) is 16.3 Å². The van der Waals surface area contributed by atoms with Gasteiger partial charge in [0.25, 0.3) is 0 Å². The van der Waals surface area contributed by atoms with E-state index in [1.54, 1.807) is 18.6 Å². The predicted octanol–water partition coefficient (Wildman–Crippen LogP) is 3.72. The zero-order valence-corrected chi connectivity index (χ0v) is 15.5. The average molecular weight is 409 g/mol. The highest BCUT2D eigenvalue weighted by atomic mass is 35.5. The monoisotopic (exact) mass is 408 g/mol. The van der Waals surface area contributed by atoms with E-state index >= 15 is 0 Å². The number of thioether (sulfide) groups is 1. The van der Waals surface area contributed by atoms with E-state index in [0.717, 1.165) is 23.9 Å². The number of carbonyl (C=O) groups excluding carboxylic acids is 1. The summed E-state index contributed by atoms with van der Waals surface area (Å²) in [6.45, 7) is 2.50. The first-order valence-corrected chi connectivity index (χ1v) is 8.69. The Bertz CT molecular complexity index is 770. The topological polar surface area (TPSA) is 69.0 Å². The summed E-state index contributed by atoms with van der Waals surface area (Å²) < 4.78 is 46.0. The Hall–Kier alpha value is -1.78. The Morgan fingerprint density at radius 1 is 1.46 bits per heavy atom. The van der Waals surface area contributed by atoms with Crippen LogP contribution in [-0.4, -0.2) is 39.6 Å². The fraction of sp³-hybridized carbons (Fsp3) is 0.400. The molecule has 0 aliphatic rings. The van der Waals surface area contributed by atoms with Gasteiger partial charge in [0.15, 0.2) is 5.16 Å². The number of rotatable bonds is 7. The second kappa shape index (κ2) is 8.74. The molecule has 1 amide bonds. The molecular formula is C15H16ClF3N4O2S. The molecule has 26 heavy (non-hydrogen) atoms. The van der Waals surface area contributed by atoms with Crippen molar-refractivity contribution in [2.24, 2.45) is 0 Å². The third-order valence-corrected chi connectivity index (χ3v) is 4.64. The minimum absolute atomic E-state index is 0.0657. The van der Waals surface area contributed by atoms with Gasteiger partial charge in [0.05, 0.1) is 23.1 Å². The highest BCUT2D eigenvalue weighted by molar-refractivity contribution is 8.00. The molecule has 0 saturated carbocycles. The maximum Gasteiger partial charge on any atom is 0.418 e. The highest BCUT2D eigenvalue weighted by Gasteiger charge is 2.34. The fourth-order valence-electron chi connectivity index (χ4n) is 1.98. The van der Waals surface area contributed by atoms with E-state index in [9.17, 15) is 18.0 Å². The summed E-state index contributed by atoms with van der Waals surface area (Å²) in [6.07, 6.45) is -3.14. The molecule has 0 saturated heterocycles. The van der Waals surface area contributed by atoms with Crippen molar-refractivity contribution in [3.63, 3.8) is 0 Å². The number of aromatic nitrogens is 3. The number of hydrogen-bond donors (Lipinski definition) is 1. The third kappa shape index (κ3) is 5.36. The Kier molecular flexibility index (Phi) is 6.90. The molecule has 11 heteroatoms. The Balaban J connectivity index is 2.10. The number of nitrogens with one attached hydrogen (secondary N) is 1. The lowest BCUT2D eigenvalue weighted by Crippen LogP contribution is -2.24. The fourth-order valence-corrected chi connectivity index (χ4v) is 3.01. The van der Waals surface area contributed by atoms with Gasteiger partial charge in [-0.2, -0.15) is 13.2 Å². The molecule has 1 unspecified atom stereocenters. The van der Waals surface area contributed by atoms with Crippen LogP contribution in [0.2, 0.25) is 5.02 Å². The minimum atomic E-state index is -4.63. The van der Waals surface area contributed by atoms with Crippen LogP contribution in [0.1, 0.15) is 12.5 Å². The van der Waals surface area contributed by atoms with Crippen LogP contribution in [0, 0.1) is 0 Å². The molecule has 1 atom stereocenters. The molecule has 1 N–H and O–H groups in total. The second-order valence-corrected chi connectivity index (χ2v) is 6.98. The summed E-state index contributed by atoms with van der Waals surface area (Å²) in [6, 6.07) is 3.18. The van der Waals surface area contributed by atoms with Crippen LogP contribution in [0.5, 0.6) is 0 Å². The standard InChI is InChI=1S/C15H16ClF3N4O2S/c1-9(26-14-22-20-8-23(14)5-6-25-2)13(24)21-12-4-3-10(16)7-11(12)15(17,18)19/h3-4,7-9H,5-6H2,1-2H3,(H,21,24). The lowest BCUT2D eigenvalue weighted by atomic mass is 10.1. The zero-order chi connectivity index (χ0) is 19.3. The van der Waals surface area contributed by atoms with E-state index < -0.39 is 22.9 Å². The molecule has 0 aliphatic heterocycles. The van der Waals surface area contributed by atoms with Crippen molar-refractivity contribution in [2.45, 2.75) is 30.1 Å². The quantitative estimate of drug-likeness (QED) is 0.707. The predicted molar refractivity (Wildman–Crippen MR) is 92.3 cm³/mol. The summed E-state index contributed by atoms with van der Waals surface area (Å²) in [4.78, 5) is 12.3. The Morgan fingerprint density at radius 3 is 2.85 bits per heavy atom. The zero-order valence-electron chi connectivity index (χ0n) is 13.9. The molecule has 6 nitrogen and oxygen atoms in total. The number of carbonyl (C=O) groups is 1. The van der Waals surface area contributed by atoms with Crippen LogP contribution < -0.4 is 5.32 Å². The molecule has 2 rings (SSSR count). The largest absolute Gasteiger partial charge is 0.418 e. The molecule has 0 spiro atoms. The lowest BCUT2D eigenvalue weighted by molar-refractivity contribution is -0.137. The van der Waals surface area contributed by atoms with E-state index in [-0.39, 0.29) is 10.7 Å². The summed E-state index contributed by atoms with van der Waals surface area (Å²) in [5.41, 5.74) is -1.35. The highest BCUT2D eigenvalue weighted by Crippen LogP contribution is 2.36. The first-order chi connectivity index (χ1) is 12.2. The normalized spacial score (nSPS) is 12.8. The van der Waals surface area contributed by atoms with Crippen LogP contribution in [0.3, 0.4) is 0 Å². The second-order valence-electron chi connectivity index (χ2n) is 5.24. The molecule has 0 aliphatic carbocycles. The SMILES string of the molecule is COCCn1cnnc1SC(C)C(=O)Nc1ccc(Cl)cc1C(F)(F)F. The van der Waals surface area contributed by atoms with Crippen LogP contribution in [-0.2, 0) is 22.3 Å². The van der Waals surface area contributed by atoms with Gasteiger partial charge in [0, 0.05) is 18.7 Å².